The van der Waals surface area contributed by atoms with Crippen LogP contribution < -0.4 is 10.1 Å². The van der Waals surface area contributed by atoms with Crippen molar-refractivity contribution in [3.63, 3.8) is 0 Å². The average molecular weight is 350 g/mol. The Balaban J connectivity index is 2.62. The summed E-state index contributed by atoms with van der Waals surface area (Å²) in [6.07, 6.45) is 0.865. The monoisotopic (exact) mass is 349 g/mol. The minimum absolute atomic E-state index is 0.0378. The zero-order valence-corrected chi connectivity index (χ0v) is 13.0. The van der Waals surface area contributed by atoms with Gasteiger partial charge in [0.25, 0.3) is 5.91 Å². The number of carbonyl (C=O) groups is 1. The van der Waals surface area contributed by atoms with Crippen LogP contribution >= 0.6 is 15.9 Å². The van der Waals surface area contributed by atoms with Crippen molar-refractivity contribution in [2.45, 2.75) is 32.9 Å². The fourth-order valence-corrected chi connectivity index (χ4v) is 2.21. The molecule has 0 spiro atoms. The molecule has 3 nitrogen and oxygen atoms in total. The van der Waals surface area contributed by atoms with Gasteiger partial charge in [0.2, 0.25) is 0 Å². The summed E-state index contributed by atoms with van der Waals surface area (Å²) >= 11 is 3.37. The number of ether oxygens (including phenoxy) is 1. The highest BCUT2D eigenvalue weighted by Gasteiger charge is 2.14. The van der Waals surface area contributed by atoms with Crippen LogP contribution in [-0.2, 0) is 0 Å². The number of amides is 1. The molecule has 1 amide bonds. The highest BCUT2D eigenvalue weighted by atomic mass is 79.9. The molecule has 0 saturated heterocycles. The molecule has 1 atom stereocenters. The molecule has 112 valence electrons. The lowest BCUT2D eigenvalue weighted by Gasteiger charge is -2.18. The summed E-state index contributed by atoms with van der Waals surface area (Å²) in [5, 5.41) is 3.57. The lowest BCUT2D eigenvalue weighted by atomic mass is 10.0. The molecule has 0 fully saturated rings. The first-order valence-corrected chi connectivity index (χ1v) is 7.46. The summed E-state index contributed by atoms with van der Waals surface area (Å²) in [4.78, 5) is 12.0. The molecule has 0 aromatic heterocycles. The molecule has 1 unspecified atom stereocenters. The van der Waals surface area contributed by atoms with Crippen LogP contribution in [0.2, 0.25) is 0 Å². The second-order valence-electron chi connectivity index (χ2n) is 4.86. The zero-order chi connectivity index (χ0) is 15.1. The molecular weight excluding hydrogens is 332 g/mol. The smallest absolute Gasteiger partial charge is 0.387 e. The van der Waals surface area contributed by atoms with E-state index in [1.54, 1.807) is 0 Å². The third kappa shape index (κ3) is 5.86. The predicted octanol–water partition coefficient (Wildman–Crippen LogP) is 3.83. The molecule has 1 N–H and O–H groups in total. The van der Waals surface area contributed by atoms with Gasteiger partial charge in [-0.25, -0.2) is 0 Å². The number of carbonyl (C=O) groups excluding carboxylic acids is 1. The minimum Gasteiger partial charge on any atom is -0.435 e. The van der Waals surface area contributed by atoms with Gasteiger partial charge in [-0.1, -0.05) is 29.8 Å². The Morgan fingerprint density at radius 1 is 1.30 bits per heavy atom. The molecule has 6 heteroatoms. The van der Waals surface area contributed by atoms with Crippen LogP contribution in [0.1, 0.15) is 30.6 Å². The van der Waals surface area contributed by atoms with Gasteiger partial charge in [0.1, 0.15) is 5.75 Å². The molecule has 1 rings (SSSR count). The Kier molecular flexibility index (Phi) is 6.91. The maximum Gasteiger partial charge on any atom is 0.387 e. The zero-order valence-electron chi connectivity index (χ0n) is 11.4. The number of rotatable bonds is 7. The van der Waals surface area contributed by atoms with Gasteiger partial charge >= 0.3 is 6.61 Å². The first-order chi connectivity index (χ1) is 9.42. The van der Waals surface area contributed by atoms with Gasteiger partial charge in [-0.3, -0.25) is 4.79 Å². The van der Waals surface area contributed by atoms with Gasteiger partial charge in [0.05, 0.1) is 0 Å². The van der Waals surface area contributed by atoms with E-state index in [1.165, 1.54) is 24.3 Å². The minimum atomic E-state index is -2.86. The molecular formula is C14H18BrF2NO2. The van der Waals surface area contributed by atoms with Gasteiger partial charge in [0.15, 0.2) is 0 Å². The standard InChI is InChI=1S/C14H18BrF2NO2/c1-9(2)7-11(8-15)18-13(19)10-3-5-12(6-4-10)20-14(16)17/h3-6,9,11,14H,7-8H2,1-2H3,(H,18,19). The van der Waals surface area contributed by atoms with Gasteiger partial charge in [0, 0.05) is 16.9 Å². The molecule has 0 aliphatic heterocycles. The van der Waals surface area contributed by atoms with Crippen LogP contribution in [0, 0.1) is 5.92 Å². The molecule has 0 heterocycles. The largest absolute Gasteiger partial charge is 0.435 e. The summed E-state index contributed by atoms with van der Waals surface area (Å²) in [6, 6.07) is 5.68. The van der Waals surface area contributed by atoms with E-state index in [4.69, 9.17) is 0 Å². The Morgan fingerprint density at radius 2 is 1.90 bits per heavy atom. The lowest BCUT2D eigenvalue weighted by molar-refractivity contribution is -0.0498. The van der Waals surface area contributed by atoms with Crippen LogP contribution in [0.4, 0.5) is 8.78 Å². The maximum absolute atomic E-state index is 12.0. The van der Waals surface area contributed by atoms with Crippen molar-refractivity contribution in [1.29, 1.82) is 0 Å². The number of benzene rings is 1. The summed E-state index contributed by atoms with van der Waals surface area (Å²) in [5.41, 5.74) is 0.418. The quantitative estimate of drug-likeness (QED) is 0.759. The van der Waals surface area contributed by atoms with Crippen molar-refractivity contribution >= 4 is 21.8 Å². The van der Waals surface area contributed by atoms with Crippen LogP contribution in [0.15, 0.2) is 24.3 Å². The first-order valence-electron chi connectivity index (χ1n) is 6.34. The second-order valence-corrected chi connectivity index (χ2v) is 5.50. The maximum atomic E-state index is 12.0. The normalized spacial score (nSPS) is 12.6. The fourth-order valence-electron chi connectivity index (χ4n) is 1.79. The van der Waals surface area contributed by atoms with Crippen molar-refractivity contribution in [1.82, 2.24) is 5.32 Å². The van der Waals surface area contributed by atoms with E-state index in [9.17, 15) is 13.6 Å². The summed E-state index contributed by atoms with van der Waals surface area (Å²) < 4.78 is 28.3. The van der Waals surface area contributed by atoms with Crippen molar-refractivity contribution in [3.05, 3.63) is 29.8 Å². The first kappa shape index (κ1) is 16.9. The SMILES string of the molecule is CC(C)CC(CBr)NC(=O)c1ccc(OC(F)F)cc1. The van der Waals surface area contributed by atoms with Crippen molar-refractivity contribution in [3.8, 4) is 5.75 Å². The van der Waals surface area contributed by atoms with Gasteiger partial charge in [-0.15, -0.1) is 0 Å². The van der Waals surface area contributed by atoms with E-state index < -0.39 is 6.61 Å². The highest BCUT2D eigenvalue weighted by Crippen LogP contribution is 2.15. The molecule has 0 bridgehead atoms. The van der Waals surface area contributed by atoms with Gasteiger partial charge < -0.3 is 10.1 Å². The molecule has 0 radical (unpaired) electrons. The Hall–Kier alpha value is -1.17. The van der Waals surface area contributed by atoms with E-state index in [-0.39, 0.29) is 17.7 Å². The summed E-state index contributed by atoms with van der Waals surface area (Å²) in [5.74, 6) is 0.286. The van der Waals surface area contributed by atoms with Crippen molar-refractivity contribution < 1.29 is 18.3 Å². The number of alkyl halides is 3. The van der Waals surface area contributed by atoms with Crippen LogP contribution in [-0.4, -0.2) is 23.9 Å². The van der Waals surface area contributed by atoms with Gasteiger partial charge in [-0.05, 0) is 36.6 Å². The summed E-state index contributed by atoms with van der Waals surface area (Å²) in [7, 11) is 0. The molecule has 0 aliphatic carbocycles. The van der Waals surface area contributed by atoms with E-state index in [1.807, 2.05) is 0 Å². The molecule has 1 aromatic carbocycles. The topological polar surface area (TPSA) is 38.3 Å². The third-order valence-corrected chi connectivity index (χ3v) is 3.40. The summed E-state index contributed by atoms with van der Waals surface area (Å²) in [6.45, 7) is 1.30. The Labute approximate surface area is 125 Å². The third-order valence-electron chi connectivity index (χ3n) is 2.62. The fraction of sp³-hybridized carbons (Fsp3) is 0.500. The highest BCUT2D eigenvalue weighted by molar-refractivity contribution is 9.09. The Morgan fingerprint density at radius 3 is 2.35 bits per heavy atom. The van der Waals surface area contributed by atoms with E-state index in [0.29, 0.717) is 16.8 Å². The van der Waals surface area contributed by atoms with E-state index in [0.717, 1.165) is 6.42 Å². The van der Waals surface area contributed by atoms with Crippen LogP contribution in [0.3, 0.4) is 0 Å². The van der Waals surface area contributed by atoms with E-state index >= 15 is 0 Å². The average Bonchev–Trinajstić information content (AvgIpc) is 2.37. The second kappa shape index (κ2) is 8.19. The molecule has 0 aliphatic rings. The molecule has 0 saturated carbocycles. The number of hydrogen-bond donors (Lipinski definition) is 1. The number of hydrogen-bond acceptors (Lipinski definition) is 2. The van der Waals surface area contributed by atoms with E-state index in [2.05, 4.69) is 39.8 Å². The molecule has 1 aromatic rings. The van der Waals surface area contributed by atoms with Crippen LogP contribution in [0.5, 0.6) is 5.75 Å². The van der Waals surface area contributed by atoms with Crippen LogP contribution in [0.25, 0.3) is 0 Å². The number of halogens is 3. The predicted molar refractivity (Wildman–Crippen MR) is 77.6 cm³/mol. The van der Waals surface area contributed by atoms with Crippen molar-refractivity contribution in [2.75, 3.05) is 5.33 Å². The molecule has 20 heavy (non-hydrogen) atoms. The Bertz CT molecular complexity index is 424. The lowest BCUT2D eigenvalue weighted by Crippen LogP contribution is -2.37. The van der Waals surface area contributed by atoms with Crippen molar-refractivity contribution in [2.24, 2.45) is 5.92 Å². The van der Waals surface area contributed by atoms with Gasteiger partial charge in [-0.2, -0.15) is 8.78 Å². The number of nitrogens with one attached hydrogen (secondary N) is 1.